The third-order valence-corrected chi connectivity index (χ3v) is 6.22. The van der Waals surface area contributed by atoms with E-state index in [1.165, 1.54) is 0 Å². The smallest absolute Gasteiger partial charge is 0.255 e. The van der Waals surface area contributed by atoms with Gasteiger partial charge in [0.2, 0.25) is 5.91 Å². The number of benzene rings is 1. The van der Waals surface area contributed by atoms with Gasteiger partial charge in [-0.05, 0) is 43.2 Å². The fourth-order valence-electron chi connectivity index (χ4n) is 3.90. The Kier molecular flexibility index (Phi) is 7.00. The van der Waals surface area contributed by atoms with Crippen LogP contribution in [0.5, 0.6) is 11.5 Å². The molecule has 1 aromatic carbocycles. The van der Waals surface area contributed by atoms with Crippen LogP contribution < -0.4 is 19.7 Å². The number of anilines is 1. The van der Waals surface area contributed by atoms with Crippen molar-refractivity contribution >= 4 is 11.7 Å². The molecule has 2 aliphatic rings. The van der Waals surface area contributed by atoms with Gasteiger partial charge in [-0.15, -0.1) is 0 Å². The molecule has 3 atom stereocenters. The summed E-state index contributed by atoms with van der Waals surface area (Å²) in [7, 11) is 0. The number of amides is 1. The number of ether oxygens (including phenoxy) is 2. The molecule has 8 heteroatoms. The van der Waals surface area contributed by atoms with Gasteiger partial charge < -0.3 is 19.7 Å². The van der Waals surface area contributed by atoms with Crippen molar-refractivity contribution in [2.45, 2.75) is 51.1 Å². The zero-order valence-corrected chi connectivity index (χ0v) is 19.1. The molecule has 1 saturated heterocycles. The summed E-state index contributed by atoms with van der Waals surface area (Å²) in [5, 5.41) is 2.93. The van der Waals surface area contributed by atoms with Gasteiger partial charge in [0, 0.05) is 25.9 Å². The molecule has 6 nitrogen and oxygen atoms in total. The first-order chi connectivity index (χ1) is 15.9. The van der Waals surface area contributed by atoms with Crippen LogP contribution >= 0.6 is 0 Å². The first-order valence-electron chi connectivity index (χ1n) is 11.6. The summed E-state index contributed by atoms with van der Waals surface area (Å²) in [5.74, 6) is -1.32. The Labute approximate surface area is 193 Å². The number of pyridine rings is 1. The SMILES string of the molecule is CCCNC(=O)C(C)c1ccc(O[C@@H]2CCN(c3ccc(OCC4CC4(F)F)cn3)C2)cc1. The summed E-state index contributed by atoms with van der Waals surface area (Å²) in [5.41, 5.74) is 0.959. The van der Waals surface area contributed by atoms with Crippen LogP contribution in [0.15, 0.2) is 42.6 Å². The summed E-state index contributed by atoms with van der Waals surface area (Å²) in [6.45, 7) is 6.17. The van der Waals surface area contributed by atoms with E-state index in [9.17, 15) is 13.6 Å². The minimum atomic E-state index is -2.57. The summed E-state index contributed by atoms with van der Waals surface area (Å²) < 4.78 is 37.5. The number of nitrogens with one attached hydrogen (secondary N) is 1. The van der Waals surface area contributed by atoms with Crippen LogP contribution in [0, 0.1) is 5.92 Å². The van der Waals surface area contributed by atoms with Crippen molar-refractivity contribution in [2.24, 2.45) is 5.92 Å². The van der Waals surface area contributed by atoms with E-state index in [-0.39, 0.29) is 31.0 Å². The Bertz CT molecular complexity index is 937. The van der Waals surface area contributed by atoms with E-state index in [4.69, 9.17) is 9.47 Å². The standard InChI is InChI=1S/C25H31F2N3O3/c1-3-11-28-24(31)17(2)18-4-6-20(7-5-18)33-22-10-12-30(15-22)23-9-8-21(14-29-23)32-16-19-13-25(19,26)27/h4-9,14,17,19,22H,3,10-13,15-16H2,1-2H3,(H,28,31)/t17?,19?,22-/m1/s1. The molecule has 1 saturated carbocycles. The summed E-state index contributed by atoms with van der Waals surface area (Å²) >= 11 is 0. The van der Waals surface area contributed by atoms with Gasteiger partial charge in [-0.2, -0.15) is 0 Å². The maximum atomic E-state index is 13.0. The molecular weight excluding hydrogens is 428 g/mol. The van der Waals surface area contributed by atoms with Crippen molar-refractivity contribution in [1.29, 1.82) is 0 Å². The molecule has 2 unspecified atom stereocenters. The van der Waals surface area contributed by atoms with Gasteiger partial charge in [-0.3, -0.25) is 4.79 Å². The van der Waals surface area contributed by atoms with Crippen molar-refractivity contribution in [3.05, 3.63) is 48.2 Å². The number of hydrogen-bond acceptors (Lipinski definition) is 5. The maximum absolute atomic E-state index is 13.0. The van der Waals surface area contributed by atoms with Gasteiger partial charge in [-0.25, -0.2) is 13.8 Å². The molecule has 0 bridgehead atoms. The number of carbonyl (C=O) groups excluding carboxylic acids is 1. The highest BCUT2D eigenvalue weighted by molar-refractivity contribution is 5.83. The van der Waals surface area contributed by atoms with Crippen LogP contribution in [0.4, 0.5) is 14.6 Å². The molecule has 1 aliphatic carbocycles. The molecule has 1 amide bonds. The largest absolute Gasteiger partial charge is 0.491 e. The van der Waals surface area contributed by atoms with Crippen LogP contribution in [0.2, 0.25) is 0 Å². The number of rotatable bonds is 10. The molecule has 2 heterocycles. The molecule has 2 fully saturated rings. The van der Waals surface area contributed by atoms with E-state index in [1.54, 1.807) is 12.3 Å². The third kappa shape index (κ3) is 5.92. The van der Waals surface area contributed by atoms with Crippen LogP contribution in [-0.4, -0.2) is 49.2 Å². The van der Waals surface area contributed by atoms with Crippen molar-refractivity contribution in [3.8, 4) is 11.5 Å². The number of halogens is 2. The second-order valence-corrected chi connectivity index (χ2v) is 8.88. The second-order valence-electron chi connectivity index (χ2n) is 8.88. The highest BCUT2D eigenvalue weighted by Gasteiger charge is 2.57. The lowest BCUT2D eigenvalue weighted by Crippen LogP contribution is -2.28. The fraction of sp³-hybridized carbons (Fsp3) is 0.520. The highest BCUT2D eigenvalue weighted by Crippen LogP contribution is 2.48. The molecule has 178 valence electrons. The average molecular weight is 460 g/mol. The van der Waals surface area contributed by atoms with Crippen LogP contribution in [-0.2, 0) is 4.79 Å². The van der Waals surface area contributed by atoms with E-state index in [0.29, 0.717) is 18.8 Å². The number of hydrogen-bond donors (Lipinski definition) is 1. The quantitative estimate of drug-likeness (QED) is 0.571. The predicted molar refractivity (Wildman–Crippen MR) is 122 cm³/mol. The molecule has 0 spiro atoms. The second kappa shape index (κ2) is 9.93. The molecule has 1 N–H and O–H groups in total. The summed E-state index contributed by atoms with van der Waals surface area (Å²) in [4.78, 5) is 18.7. The van der Waals surface area contributed by atoms with Gasteiger partial charge in [0.1, 0.15) is 23.4 Å². The van der Waals surface area contributed by atoms with Crippen LogP contribution in [0.1, 0.15) is 44.6 Å². The number of aromatic nitrogens is 1. The molecule has 0 radical (unpaired) electrons. The van der Waals surface area contributed by atoms with Crippen molar-refractivity contribution < 1.29 is 23.0 Å². The molecule has 33 heavy (non-hydrogen) atoms. The summed E-state index contributed by atoms with van der Waals surface area (Å²) in [6.07, 6.45) is 3.31. The minimum Gasteiger partial charge on any atom is -0.491 e. The highest BCUT2D eigenvalue weighted by atomic mass is 19.3. The van der Waals surface area contributed by atoms with E-state index < -0.39 is 11.8 Å². The number of alkyl halides is 2. The first kappa shape index (κ1) is 23.3. The monoisotopic (exact) mass is 459 g/mol. The number of nitrogens with zero attached hydrogens (tertiary/aromatic N) is 2. The van der Waals surface area contributed by atoms with Crippen LogP contribution in [0.3, 0.4) is 0 Å². The van der Waals surface area contributed by atoms with Crippen LogP contribution in [0.25, 0.3) is 0 Å². The van der Waals surface area contributed by atoms with Crippen molar-refractivity contribution in [3.63, 3.8) is 0 Å². The average Bonchev–Trinajstić information content (AvgIpc) is 3.19. The van der Waals surface area contributed by atoms with Crippen molar-refractivity contribution in [2.75, 3.05) is 31.1 Å². The Morgan fingerprint density at radius 1 is 1.24 bits per heavy atom. The van der Waals surface area contributed by atoms with E-state index >= 15 is 0 Å². The van der Waals surface area contributed by atoms with E-state index in [0.717, 1.165) is 36.5 Å². The molecule has 2 aromatic rings. The Morgan fingerprint density at radius 3 is 2.61 bits per heavy atom. The zero-order chi connectivity index (χ0) is 23.4. The van der Waals surface area contributed by atoms with Gasteiger partial charge in [0.25, 0.3) is 5.92 Å². The number of carbonyl (C=O) groups is 1. The summed E-state index contributed by atoms with van der Waals surface area (Å²) in [6, 6.07) is 11.3. The normalized spacial score (nSPS) is 22.0. The fourth-order valence-corrected chi connectivity index (χ4v) is 3.90. The predicted octanol–water partition coefficient (Wildman–Crippen LogP) is 4.40. The van der Waals surface area contributed by atoms with Gasteiger partial charge >= 0.3 is 0 Å². The Morgan fingerprint density at radius 2 is 1.97 bits per heavy atom. The van der Waals surface area contributed by atoms with Crippen molar-refractivity contribution in [1.82, 2.24) is 10.3 Å². The first-order valence-corrected chi connectivity index (χ1v) is 11.6. The van der Waals surface area contributed by atoms with E-state index in [1.807, 2.05) is 44.2 Å². The molecule has 4 rings (SSSR count). The Hall–Kier alpha value is -2.90. The third-order valence-electron chi connectivity index (χ3n) is 6.22. The molecule has 1 aliphatic heterocycles. The lowest BCUT2D eigenvalue weighted by atomic mass is 10.0. The molecular formula is C25H31F2N3O3. The van der Waals surface area contributed by atoms with Gasteiger partial charge in [-0.1, -0.05) is 19.1 Å². The van der Waals surface area contributed by atoms with E-state index in [2.05, 4.69) is 15.2 Å². The van der Waals surface area contributed by atoms with Gasteiger partial charge in [0.05, 0.1) is 31.2 Å². The lowest BCUT2D eigenvalue weighted by molar-refractivity contribution is -0.122. The Balaban J connectivity index is 1.25. The zero-order valence-electron chi connectivity index (χ0n) is 19.1. The minimum absolute atomic E-state index is 0.0225. The molecule has 1 aromatic heterocycles. The topological polar surface area (TPSA) is 63.7 Å². The van der Waals surface area contributed by atoms with Gasteiger partial charge in [0.15, 0.2) is 0 Å². The lowest BCUT2D eigenvalue weighted by Gasteiger charge is -2.19. The maximum Gasteiger partial charge on any atom is 0.255 e.